The topological polar surface area (TPSA) is 113 Å². The molecule has 4 aromatic rings. The number of pyridine rings is 1. The summed E-state index contributed by atoms with van der Waals surface area (Å²) in [6, 6.07) is 5.79. The van der Waals surface area contributed by atoms with Gasteiger partial charge >= 0.3 is 0 Å². The third-order valence-corrected chi connectivity index (χ3v) is 5.96. The van der Waals surface area contributed by atoms with Crippen LogP contribution in [0.5, 0.6) is 0 Å². The highest BCUT2D eigenvalue weighted by Gasteiger charge is 2.14. The van der Waals surface area contributed by atoms with Crippen LogP contribution in [0.2, 0.25) is 0 Å². The minimum absolute atomic E-state index is 0.434. The molecule has 5 rings (SSSR count). The Bertz CT molecular complexity index is 1190. The number of hydrogen-bond acceptors (Lipinski definition) is 8. The highest BCUT2D eigenvalue weighted by Crippen LogP contribution is 2.28. The van der Waals surface area contributed by atoms with Crippen LogP contribution >= 0.6 is 11.3 Å². The van der Waals surface area contributed by atoms with Gasteiger partial charge in [-0.2, -0.15) is 0 Å². The van der Waals surface area contributed by atoms with Crippen molar-refractivity contribution >= 4 is 40.2 Å². The predicted octanol–water partition coefficient (Wildman–Crippen LogP) is 2.10. The smallest absolute Gasteiger partial charge is 0.258 e. The van der Waals surface area contributed by atoms with Crippen LogP contribution in [0.25, 0.3) is 16.9 Å². The van der Waals surface area contributed by atoms with Crippen LogP contribution in [-0.2, 0) is 0 Å². The number of piperazine rings is 1. The molecule has 0 aliphatic carbocycles. The maximum atomic E-state index is 11.4. The molecule has 0 unspecified atom stereocenters. The molecule has 1 amide bonds. The van der Waals surface area contributed by atoms with Gasteiger partial charge in [0, 0.05) is 49.5 Å². The minimum Gasteiger partial charge on any atom is -0.365 e. The molecule has 0 radical (unpaired) electrons. The lowest BCUT2D eigenvalue weighted by molar-refractivity contribution is 0.100. The van der Waals surface area contributed by atoms with Crippen molar-refractivity contribution in [1.29, 1.82) is 0 Å². The average Bonchev–Trinajstić information content (AvgIpc) is 3.46. The molecule has 0 bridgehead atoms. The molecule has 1 aliphatic heterocycles. The van der Waals surface area contributed by atoms with Gasteiger partial charge in [0.2, 0.25) is 0 Å². The normalized spacial score (nSPS) is 14.2. The van der Waals surface area contributed by atoms with E-state index in [0.717, 1.165) is 48.9 Å². The van der Waals surface area contributed by atoms with Gasteiger partial charge in [-0.05, 0) is 18.2 Å². The molecule has 0 saturated carbocycles. The van der Waals surface area contributed by atoms with E-state index in [1.165, 1.54) is 11.3 Å². The summed E-state index contributed by atoms with van der Waals surface area (Å²) >= 11 is 1.32. The number of nitrogens with zero attached hydrogens (tertiary/aromatic N) is 5. The van der Waals surface area contributed by atoms with Crippen LogP contribution in [0.15, 0.2) is 48.4 Å². The maximum Gasteiger partial charge on any atom is 0.258 e. The molecular weight excluding hydrogens is 400 g/mol. The van der Waals surface area contributed by atoms with Crippen LogP contribution in [0, 0.1) is 0 Å². The lowest BCUT2D eigenvalue weighted by atomic mass is 10.2. The summed E-state index contributed by atoms with van der Waals surface area (Å²) in [6.07, 6.45) is 7.15. The third kappa shape index (κ3) is 3.46. The van der Waals surface area contributed by atoms with Crippen molar-refractivity contribution in [2.75, 3.05) is 36.4 Å². The second-order valence-electron chi connectivity index (χ2n) is 6.94. The Morgan fingerprint density at radius 3 is 2.77 bits per heavy atom. The molecule has 1 saturated heterocycles. The first kappa shape index (κ1) is 18.5. The van der Waals surface area contributed by atoms with Gasteiger partial charge in [-0.25, -0.2) is 15.0 Å². The van der Waals surface area contributed by atoms with Gasteiger partial charge in [0.25, 0.3) is 5.91 Å². The Morgan fingerprint density at radius 1 is 1.17 bits per heavy atom. The maximum absolute atomic E-state index is 11.4. The van der Waals surface area contributed by atoms with Gasteiger partial charge < -0.3 is 21.3 Å². The molecule has 1 aliphatic rings. The first-order chi connectivity index (χ1) is 14.7. The summed E-state index contributed by atoms with van der Waals surface area (Å²) in [5, 5.41) is 8.54. The summed E-state index contributed by atoms with van der Waals surface area (Å²) in [7, 11) is 0. The molecule has 152 valence electrons. The molecule has 4 aromatic heterocycles. The molecule has 4 N–H and O–H groups in total. The van der Waals surface area contributed by atoms with Crippen molar-refractivity contribution in [2.24, 2.45) is 5.73 Å². The van der Waals surface area contributed by atoms with E-state index in [9.17, 15) is 4.79 Å². The van der Waals surface area contributed by atoms with E-state index in [1.807, 2.05) is 34.3 Å². The Balaban J connectivity index is 1.41. The zero-order valence-electron chi connectivity index (χ0n) is 16.1. The van der Waals surface area contributed by atoms with Gasteiger partial charge in [-0.3, -0.25) is 9.20 Å². The van der Waals surface area contributed by atoms with Gasteiger partial charge in [0.15, 0.2) is 11.5 Å². The number of aromatic nitrogens is 4. The van der Waals surface area contributed by atoms with Crippen molar-refractivity contribution in [1.82, 2.24) is 24.7 Å². The van der Waals surface area contributed by atoms with E-state index in [4.69, 9.17) is 5.73 Å². The van der Waals surface area contributed by atoms with Crippen molar-refractivity contribution in [3.05, 3.63) is 53.2 Å². The number of carbonyl (C=O) groups excluding carboxylic acids is 1. The lowest BCUT2D eigenvalue weighted by Crippen LogP contribution is -2.43. The Morgan fingerprint density at radius 2 is 2.03 bits per heavy atom. The van der Waals surface area contributed by atoms with Crippen LogP contribution in [0.3, 0.4) is 0 Å². The minimum atomic E-state index is -0.434. The molecular formula is C20H20N8OS. The Hall–Kier alpha value is -3.50. The van der Waals surface area contributed by atoms with Gasteiger partial charge in [0.05, 0.1) is 28.7 Å². The van der Waals surface area contributed by atoms with E-state index >= 15 is 0 Å². The molecule has 1 fully saturated rings. The standard InChI is InChI=1S/C20H20N8OS/c21-18(29)16-9-13(12-30-16)15-11-25-19(20-23-5-8-28(15)20)26-14-1-2-17(24-10-14)27-6-3-22-4-7-27/h1-2,5,8-12,22H,3-4,6-7H2,(H2,21,29)(H,25,26). The fraction of sp³-hybridized carbons (Fsp3) is 0.200. The number of primary amides is 1. The molecule has 30 heavy (non-hydrogen) atoms. The quantitative estimate of drug-likeness (QED) is 0.453. The molecule has 0 atom stereocenters. The Kier molecular flexibility index (Phi) is 4.77. The molecule has 0 aromatic carbocycles. The summed E-state index contributed by atoms with van der Waals surface area (Å²) < 4.78 is 1.94. The fourth-order valence-electron chi connectivity index (χ4n) is 3.50. The third-order valence-electron chi connectivity index (χ3n) is 5.02. The summed E-state index contributed by atoms with van der Waals surface area (Å²) in [5.74, 6) is 1.17. The second-order valence-corrected chi connectivity index (χ2v) is 7.86. The van der Waals surface area contributed by atoms with Crippen molar-refractivity contribution in [3.8, 4) is 11.3 Å². The predicted molar refractivity (Wildman–Crippen MR) is 117 cm³/mol. The average molecular weight is 421 g/mol. The molecule has 10 heteroatoms. The molecule has 5 heterocycles. The number of anilines is 3. The van der Waals surface area contributed by atoms with Crippen LogP contribution < -0.4 is 21.3 Å². The number of hydrogen-bond donors (Lipinski definition) is 3. The van der Waals surface area contributed by atoms with E-state index < -0.39 is 5.91 Å². The number of nitrogens with one attached hydrogen (secondary N) is 2. The van der Waals surface area contributed by atoms with E-state index in [1.54, 1.807) is 18.5 Å². The summed E-state index contributed by atoms with van der Waals surface area (Å²) in [4.78, 5) is 27.8. The van der Waals surface area contributed by atoms with Crippen molar-refractivity contribution < 1.29 is 4.79 Å². The fourth-order valence-corrected chi connectivity index (χ4v) is 4.25. The zero-order chi connectivity index (χ0) is 20.5. The number of fused-ring (bicyclic) bond motifs is 1. The van der Waals surface area contributed by atoms with E-state index in [2.05, 4.69) is 30.5 Å². The number of thiophene rings is 1. The lowest BCUT2D eigenvalue weighted by Gasteiger charge is -2.28. The van der Waals surface area contributed by atoms with Crippen LogP contribution in [-0.4, -0.2) is 51.4 Å². The van der Waals surface area contributed by atoms with Gasteiger partial charge in [-0.15, -0.1) is 11.3 Å². The number of carbonyl (C=O) groups is 1. The van der Waals surface area contributed by atoms with E-state index in [0.29, 0.717) is 16.3 Å². The van der Waals surface area contributed by atoms with Crippen molar-refractivity contribution in [3.63, 3.8) is 0 Å². The second kappa shape index (κ2) is 7.73. The number of imidazole rings is 1. The van der Waals surface area contributed by atoms with Crippen LogP contribution in [0.1, 0.15) is 9.67 Å². The number of amides is 1. The largest absolute Gasteiger partial charge is 0.365 e. The summed E-state index contributed by atoms with van der Waals surface area (Å²) in [6.45, 7) is 3.86. The van der Waals surface area contributed by atoms with Gasteiger partial charge in [-0.1, -0.05) is 0 Å². The first-order valence-electron chi connectivity index (χ1n) is 9.58. The summed E-state index contributed by atoms with van der Waals surface area (Å²) in [5.41, 5.74) is 8.61. The Labute approximate surface area is 176 Å². The SMILES string of the molecule is NC(=O)c1cc(-c2cnc(Nc3ccc(N4CCNCC4)nc3)c3nccn23)cs1. The zero-order valence-corrected chi connectivity index (χ0v) is 16.9. The highest BCUT2D eigenvalue weighted by molar-refractivity contribution is 7.12. The first-order valence-corrected chi connectivity index (χ1v) is 10.5. The van der Waals surface area contributed by atoms with E-state index in [-0.39, 0.29) is 0 Å². The molecule has 0 spiro atoms. The number of nitrogens with two attached hydrogens (primary N) is 1. The highest BCUT2D eigenvalue weighted by atomic mass is 32.1. The molecule has 9 nitrogen and oxygen atoms in total. The van der Waals surface area contributed by atoms with Crippen LogP contribution in [0.4, 0.5) is 17.3 Å². The monoisotopic (exact) mass is 420 g/mol. The number of rotatable bonds is 5. The van der Waals surface area contributed by atoms with Crippen molar-refractivity contribution in [2.45, 2.75) is 0 Å². The van der Waals surface area contributed by atoms with Gasteiger partial charge in [0.1, 0.15) is 5.82 Å².